The third-order valence-corrected chi connectivity index (χ3v) is 10.3. The molecule has 10 rings (SSSR count). The first-order valence-corrected chi connectivity index (χ1v) is 18.6. The number of fused-ring (bicyclic) bond motifs is 3. The number of pyridine rings is 1. The number of hydrogen-bond acceptors (Lipinski definition) is 5. The first-order valence-electron chi connectivity index (χ1n) is 18.6. The molecule has 0 saturated heterocycles. The molecule has 0 unspecified atom stereocenters. The van der Waals surface area contributed by atoms with Gasteiger partial charge in [-0.15, -0.1) is 0 Å². The van der Waals surface area contributed by atoms with E-state index in [2.05, 4.69) is 199 Å². The van der Waals surface area contributed by atoms with E-state index in [1.54, 1.807) is 0 Å². The molecule has 6 heteroatoms. The Morgan fingerprint density at radius 2 is 0.964 bits per heavy atom. The number of nitrogens with zero attached hydrogens (tertiary/aromatic N) is 6. The summed E-state index contributed by atoms with van der Waals surface area (Å²) in [7, 11) is 0. The van der Waals surface area contributed by atoms with E-state index in [9.17, 15) is 0 Å². The number of hydrogen-bond donors (Lipinski definition) is 0. The second-order valence-corrected chi connectivity index (χ2v) is 13.6. The largest absolute Gasteiger partial charge is 0.256 e. The SMILES string of the molecule is c1ccc(-c2ccc3c(c2)c2c(-c4ccccc4)ccc(-c4ccccc4)c2n3N(c2ccc(-c3ccccn3)cc2)c2ccc(-c3ncncn3)cc2)cc1. The summed E-state index contributed by atoms with van der Waals surface area (Å²) in [6, 6.07) is 66.6. The summed E-state index contributed by atoms with van der Waals surface area (Å²) in [6.45, 7) is 0. The van der Waals surface area contributed by atoms with E-state index in [4.69, 9.17) is 0 Å². The first kappa shape index (κ1) is 32.9. The highest BCUT2D eigenvalue weighted by atomic mass is 15.6. The van der Waals surface area contributed by atoms with E-state index in [-0.39, 0.29) is 0 Å². The molecule has 0 amide bonds. The van der Waals surface area contributed by atoms with Crippen molar-refractivity contribution >= 4 is 33.2 Å². The van der Waals surface area contributed by atoms with Crippen molar-refractivity contribution in [2.24, 2.45) is 0 Å². The molecule has 0 spiro atoms. The third kappa shape index (κ3) is 5.96. The fraction of sp³-hybridized carbons (Fsp3) is 0. The first-order chi connectivity index (χ1) is 27.8. The zero-order valence-electron chi connectivity index (χ0n) is 30.3. The van der Waals surface area contributed by atoms with Gasteiger partial charge in [0.1, 0.15) is 12.7 Å². The van der Waals surface area contributed by atoms with Crippen molar-refractivity contribution in [2.45, 2.75) is 0 Å². The molecule has 6 nitrogen and oxygen atoms in total. The highest BCUT2D eigenvalue weighted by molar-refractivity contribution is 6.20. The molecule has 0 bridgehead atoms. The van der Waals surface area contributed by atoms with Crippen molar-refractivity contribution in [2.75, 3.05) is 5.01 Å². The molecule has 10 aromatic rings. The monoisotopic (exact) mass is 718 g/mol. The van der Waals surface area contributed by atoms with Crippen molar-refractivity contribution in [1.29, 1.82) is 0 Å². The van der Waals surface area contributed by atoms with E-state index in [0.29, 0.717) is 5.82 Å². The van der Waals surface area contributed by atoms with Crippen LogP contribution in [-0.4, -0.2) is 24.6 Å². The van der Waals surface area contributed by atoms with Gasteiger partial charge >= 0.3 is 0 Å². The summed E-state index contributed by atoms with van der Waals surface area (Å²) in [6.07, 6.45) is 4.90. The molecule has 0 N–H and O–H groups in total. The fourth-order valence-corrected chi connectivity index (χ4v) is 7.68. The van der Waals surface area contributed by atoms with Crippen molar-refractivity contribution in [3.8, 4) is 56.0 Å². The molecule has 0 atom stereocenters. The lowest BCUT2D eigenvalue weighted by Crippen LogP contribution is -2.24. The summed E-state index contributed by atoms with van der Waals surface area (Å²) in [5.74, 6) is 0.627. The summed E-state index contributed by atoms with van der Waals surface area (Å²) >= 11 is 0. The van der Waals surface area contributed by atoms with Crippen LogP contribution in [0, 0.1) is 0 Å². The molecule has 0 radical (unpaired) electrons. The van der Waals surface area contributed by atoms with Gasteiger partial charge in [-0.3, -0.25) is 4.98 Å². The summed E-state index contributed by atoms with van der Waals surface area (Å²) in [4.78, 5) is 17.5. The van der Waals surface area contributed by atoms with Crippen LogP contribution < -0.4 is 5.01 Å². The van der Waals surface area contributed by atoms with Gasteiger partial charge in [0.05, 0.1) is 28.1 Å². The van der Waals surface area contributed by atoms with E-state index in [0.717, 1.165) is 66.9 Å². The van der Waals surface area contributed by atoms with Crippen molar-refractivity contribution in [3.05, 3.63) is 207 Å². The number of benzene rings is 7. The normalized spacial score (nSPS) is 11.2. The Hall–Kier alpha value is -7.70. The van der Waals surface area contributed by atoms with E-state index < -0.39 is 0 Å². The zero-order chi connectivity index (χ0) is 37.3. The van der Waals surface area contributed by atoms with E-state index in [1.165, 1.54) is 29.2 Å². The zero-order valence-corrected chi connectivity index (χ0v) is 30.3. The van der Waals surface area contributed by atoms with Crippen LogP contribution in [0.3, 0.4) is 0 Å². The van der Waals surface area contributed by atoms with Crippen molar-refractivity contribution in [1.82, 2.24) is 24.6 Å². The van der Waals surface area contributed by atoms with Crippen LogP contribution in [0.1, 0.15) is 0 Å². The molecular weight excluding hydrogens is 685 g/mol. The van der Waals surface area contributed by atoms with Crippen LogP contribution in [0.5, 0.6) is 0 Å². The van der Waals surface area contributed by atoms with Gasteiger partial charge < -0.3 is 0 Å². The molecule has 3 aromatic heterocycles. The Morgan fingerprint density at radius 3 is 1.59 bits per heavy atom. The van der Waals surface area contributed by atoms with Gasteiger partial charge in [-0.1, -0.05) is 127 Å². The Labute approximate surface area is 324 Å². The molecule has 264 valence electrons. The molecule has 0 fully saturated rings. The molecule has 3 heterocycles. The smallest absolute Gasteiger partial charge is 0.162 e. The molecule has 0 aliphatic heterocycles. The molecule has 56 heavy (non-hydrogen) atoms. The quantitative estimate of drug-likeness (QED) is 0.157. The third-order valence-electron chi connectivity index (χ3n) is 10.3. The minimum absolute atomic E-state index is 0.627. The van der Waals surface area contributed by atoms with Crippen molar-refractivity contribution in [3.63, 3.8) is 0 Å². The number of rotatable bonds is 8. The predicted molar refractivity (Wildman–Crippen MR) is 228 cm³/mol. The standard InChI is InChI=1S/C50H34N6/c1-4-12-35(13-5-1)40-23-30-47-45(32-40)48-43(36-14-6-2-7-15-36)28-29-44(37-16-8-3-9-17-37)49(48)56(47)55(41-24-19-38(20-25-41)46-18-10-11-31-52-46)42-26-21-39(22-27-42)50-53-33-51-34-54-50/h1-34H. The maximum Gasteiger partial charge on any atom is 0.162 e. The Kier molecular flexibility index (Phi) is 8.39. The molecule has 0 aliphatic carbocycles. The van der Waals surface area contributed by atoms with Crippen LogP contribution in [0.2, 0.25) is 0 Å². The Balaban J connectivity index is 1.30. The van der Waals surface area contributed by atoms with Crippen LogP contribution in [0.15, 0.2) is 207 Å². The molecule has 0 aliphatic rings. The van der Waals surface area contributed by atoms with Crippen LogP contribution in [0.4, 0.5) is 11.4 Å². The van der Waals surface area contributed by atoms with Crippen LogP contribution in [-0.2, 0) is 0 Å². The second kappa shape index (κ2) is 14.3. The minimum atomic E-state index is 0.627. The molecular formula is C50H34N6. The average molecular weight is 719 g/mol. The number of anilines is 2. The van der Waals surface area contributed by atoms with Gasteiger partial charge in [-0.2, -0.15) is 0 Å². The van der Waals surface area contributed by atoms with Gasteiger partial charge in [0.2, 0.25) is 0 Å². The molecule has 7 aromatic carbocycles. The predicted octanol–water partition coefficient (Wildman–Crippen LogP) is 12.3. The highest BCUT2D eigenvalue weighted by Gasteiger charge is 2.25. The van der Waals surface area contributed by atoms with Crippen LogP contribution in [0.25, 0.3) is 77.8 Å². The molecule has 0 saturated carbocycles. The lowest BCUT2D eigenvalue weighted by atomic mass is 9.94. The van der Waals surface area contributed by atoms with E-state index in [1.807, 2.05) is 24.4 Å². The van der Waals surface area contributed by atoms with Crippen LogP contribution >= 0.6 is 0 Å². The van der Waals surface area contributed by atoms with Gasteiger partial charge in [0, 0.05) is 33.7 Å². The summed E-state index contributed by atoms with van der Waals surface area (Å²) < 4.78 is 2.40. The number of aromatic nitrogens is 5. The minimum Gasteiger partial charge on any atom is -0.256 e. The van der Waals surface area contributed by atoms with Gasteiger partial charge in [-0.05, 0) is 88.5 Å². The maximum atomic E-state index is 4.63. The summed E-state index contributed by atoms with van der Waals surface area (Å²) in [5, 5.41) is 4.67. The maximum absolute atomic E-state index is 4.63. The second-order valence-electron chi connectivity index (χ2n) is 13.6. The Morgan fingerprint density at radius 1 is 0.411 bits per heavy atom. The summed E-state index contributed by atoms with van der Waals surface area (Å²) in [5.41, 5.74) is 14.0. The topological polar surface area (TPSA) is 59.7 Å². The lowest BCUT2D eigenvalue weighted by molar-refractivity contribution is 0.887. The Bertz CT molecular complexity index is 2830. The van der Waals surface area contributed by atoms with Gasteiger partial charge in [0.25, 0.3) is 0 Å². The fourth-order valence-electron chi connectivity index (χ4n) is 7.68. The van der Waals surface area contributed by atoms with Crippen molar-refractivity contribution < 1.29 is 0 Å². The van der Waals surface area contributed by atoms with Gasteiger partial charge in [-0.25, -0.2) is 24.6 Å². The van der Waals surface area contributed by atoms with E-state index >= 15 is 0 Å². The lowest BCUT2D eigenvalue weighted by Gasteiger charge is -2.29. The average Bonchev–Trinajstić information content (AvgIpc) is 3.62. The highest BCUT2D eigenvalue weighted by Crippen LogP contribution is 2.45. The van der Waals surface area contributed by atoms with Gasteiger partial charge in [0.15, 0.2) is 5.82 Å².